The monoisotopic (exact) mass is 324 g/mol. The standard InChI is InChI=1S/C16H21ClN2O3/c17-11-1-3-13(4-2-11)22-14-5-7-19(8-6-14)16(21)15-9-12(20)10-18-15/h1-4,12,14-15,18,20H,5-10H2/t12-,15+/m1/s1. The number of amides is 1. The number of likely N-dealkylation sites (tertiary alicyclic amines) is 1. The predicted molar refractivity (Wildman–Crippen MR) is 84.1 cm³/mol. The van der Waals surface area contributed by atoms with E-state index < -0.39 is 6.10 Å². The molecule has 6 heteroatoms. The molecular formula is C16H21ClN2O3. The maximum absolute atomic E-state index is 12.3. The lowest BCUT2D eigenvalue weighted by molar-refractivity contribution is -0.135. The second-order valence-corrected chi connectivity index (χ2v) is 6.38. The molecule has 120 valence electrons. The van der Waals surface area contributed by atoms with Gasteiger partial charge in [-0.2, -0.15) is 0 Å². The van der Waals surface area contributed by atoms with Crippen LogP contribution in [0.4, 0.5) is 0 Å². The highest BCUT2D eigenvalue weighted by atomic mass is 35.5. The molecule has 0 spiro atoms. The lowest BCUT2D eigenvalue weighted by Crippen LogP contribution is -2.48. The maximum atomic E-state index is 12.3. The summed E-state index contributed by atoms with van der Waals surface area (Å²) in [6.07, 6.45) is 1.89. The van der Waals surface area contributed by atoms with Crippen molar-refractivity contribution in [3.05, 3.63) is 29.3 Å². The number of halogens is 1. The minimum atomic E-state index is -0.403. The second-order valence-electron chi connectivity index (χ2n) is 5.95. The highest BCUT2D eigenvalue weighted by Gasteiger charge is 2.33. The minimum absolute atomic E-state index is 0.0986. The zero-order chi connectivity index (χ0) is 15.5. The molecule has 1 aromatic carbocycles. The Morgan fingerprint density at radius 2 is 1.95 bits per heavy atom. The van der Waals surface area contributed by atoms with Crippen LogP contribution in [-0.2, 0) is 4.79 Å². The van der Waals surface area contributed by atoms with Gasteiger partial charge in [-0.1, -0.05) is 11.6 Å². The number of nitrogens with zero attached hydrogens (tertiary/aromatic N) is 1. The van der Waals surface area contributed by atoms with E-state index in [0.717, 1.165) is 18.6 Å². The lowest BCUT2D eigenvalue weighted by atomic mass is 10.1. The Kier molecular flexibility index (Phi) is 4.86. The quantitative estimate of drug-likeness (QED) is 0.883. The van der Waals surface area contributed by atoms with Gasteiger partial charge < -0.3 is 20.1 Å². The molecule has 22 heavy (non-hydrogen) atoms. The third kappa shape index (κ3) is 3.72. The van der Waals surface area contributed by atoms with Gasteiger partial charge in [-0.15, -0.1) is 0 Å². The van der Waals surface area contributed by atoms with Gasteiger partial charge >= 0.3 is 0 Å². The van der Waals surface area contributed by atoms with Crippen LogP contribution in [0.5, 0.6) is 5.75 Å². The van der Waals surface area contributed by atoms with Crippen LogP contribution in [0.1, 0.15) is 19.3 Å². The fourth-order valence-electron chi connectivity index (χ4n) is 3.03. The van der Waals surface area contributed by atoms with E-state index in [9.17, 15) is 9.90 Å². The zero-order valence-corrected chi connectivity index (χ0v) is 13.1. The Bertz CT molecular complexity index is 515. The number of aliphatic hydroxyl groups excluding tert-OH is 1. The molecule has 2 aliphatic rings. The van der Waals surface area contributed by atoms with Crippen molar-refractivity contribution < 1.29 is 14.6 Å². The summed E-state index contributed by atoms with van der Waals surface area (Å²) >= 11 is 5.86. The average molecular weight is 325 g/mol. The Morgan fingerprint density at radius 3 is 2.55 bits per heavy atom. The van der Waals surface area contributed by atoms with Crippen molar-refractivity contribution in [2.75, 3.05) is 19.6 Å². The summed E-state index contributed by atoms with van der Waals surface area (Å²) in [4.78, 5) is 14.2. The third-order valence-corrected chi connectivity index (χ3v) is 4.53. The van der Waals surface area contributed by atoms with E-state index in [4.69, 9.17) is 16.3 Å². The molecule has 0 saturated carbocycles. The first-order chi connectivity index (χ1) is 10.6. The van der Waals surface area contributed by atoms with Crippen molar-refractivity contribution in [3.8, 4) is 5.75 Å². The SMILES string of the molecule is O=C([C@@H]1C[C@@H](O)CN1)N1CCC(Oc2ccc(Cl)cc2)CC1. The van der Waals surface area contributed by atoms with Crippen molar-refractivity contribution in [2.45, 2.75) is 37.5 Å². The van der Waals surface area contributed by atoms with Crippen molar-refractivity contribution >= 4 is 17.5 Å². The molecule has 1 amide bonds. The van der Waals surface area contributed by atoms with Crippen molar-refractivity contribution in [2.24, 2.45) is 0 Å². The largest absolute Gasteiger partial charge is 0.490 e. The van der Waals surface area contributed by atoms with E-state index in [1.807, 2.05) is 29.2 Å². The molecule has 2 fully saturated rings. The van der Waals surface area contributed by atoms with Crippen LogP contribution >= 0.6 is 11.6 Å². The first kappa shape index (κ1) is 15.6. The fourth-order valence-corrected chi connectivity index (χ4v) is 3.15. The van der Waals surface area contributed by atoms with Crippen LogP contribution in [0, 0.1) is 0 Å². The molecule has 0 unspecified atom stereocenters. The Morgan fingerprint density at radius 1 is 1.27 bits per heavy atom. The molecule has 1 aromatic rings. The summed E-state index contributed by atoms with van der Waals surface area (Å²) in [7, 11) is 0. The van der Waals surface area contributed by atoms with Crippen LogP contribution in [0.3, 0.4) is 0 Å². The first-order valence-electron chi connectivity index (χ1n) is 7.74. The molecule has 0 bridgehead atoms. The summed E-state index contributed by atoms with van der Waals surface area (Å²) < 4.78 is 5.93. The Balaban J connectivity index is 1.48. The van der Waals surface area contributed by atoms with Gasteiger partial charge in [0.15, 0.2) is 0 Å². The van der Waals surface area contributed by atoms with Crippen LogP contribution in [0.15, 0.2) is 24.3 Å². The zero-order valence-electron chi connectivity index (χ0n) is 12.4. The van der Waals surface area contributed by atoms with Crippen LogP contribution in [0.2, 0.25) is 5.02 Å². The number of aliphatic hydroxyl groups is 1. The highest BCUT2D eigenvalue weighted by molar-refractivity contribution is 6.30. The fraction of sp³-hybridized carbons (Fsp3) is 0.562. The molecule has 2 heterocycles. The first-order valence-corrected chi connectivity index (χ1v) is 8.12. The number of carbonyl (C=O) groups excluding carboxylic acids is 1. The molecule has 2 aliphatic heterocycles. The number of β-amino-alcohol motifs (C(OH)–C–C–N with tert-alkyl or cyclic N) is 1. The van der Waals surface area contributed by atoms with E-state index in [1.165, 1.54) is 0 Å². The Labute approximate surface area is 135 Å². The van der Waals surface area contributed by atoms with Crippen LogP contribution < -0.4 is 10.1 Å². The number of ether oxygens (including phenoxy) is 1. The van der Waals surface area contributed by atoms with E-state index in [2.05, 4.69) is 5.32 Å². The number of hydrogen-bond donors (Lipinski definition) is 2. The van der Waals surface area contributed by atoms with Crippen LogP contribution in [0.25, 0.3) is 0 Å². The Hall–Kier alpha value is -1.30. The maximum Gasteiger partial charge on any atom is 0.239 e. The van der Waals surface area contributed by atoms with E-state index in [1.54, 1.807) is 0 Å². The average Bonchev–Trinajstić information content (AvgIpc) is 2.96. The predicted octanol–water partition coefficient (Wildman–Crippen LogP) is 1.43. The van der Waals surface area contributed by atoms with E-state index in [0.29, 0.717) is 31.1 Å². The minimum Gasteiger partial charge on any atom is -0.490 e. The number of nitrogens with one attached hydrogen (secondary N) is 1. The molecule has 0 radical (unpaired) electrons. The lowest BCUT2D eigenvalue weighted by Gasteiger charge is -2.33. The number of hydrogen-bond acceptors (Lipinski definition) is 4. The second kappa shape index (κ2) is 6.86. The van der Waals surface area contributed by atoms with Crippen molar-refractivity contribution in [1.29, 1.82) is 0 Å². The summed E-state index contributed by atoms with van der Waals surface area (Å²) in [5, 5.41) is 13.3. The van der Waals surface area contributed by atoms with E-state index >= 15 is 0 Å². The molecule has 5 nitrogen and oxygen atoms in total. The van der Waals surface area contributed by atoms with Crippen LogP contribution in [-0.4, -0.2) is 53.8 Å². The highest BCUT2D eigenvalue weighted by Crippen LogP contribution is 2.22. The van der Waals surface area contributed by atoms with Gasteiger partial charge in [-0.25, -0.2) is 0 Å². The number of carbonyl (C=O) groups is 1. The van der Waals surface area contributed by atoms with Gasteiger partial charge in [0.2, 0.25) is 5.91 Å². The summed E-state index contributed by atoms with van der Waals surface area (Å²) in [5.41, 5.74) is 0. The third-order valence-electron chi connectivity index (χ3n) is 4.28. The topological polar surface area (TPSA) is 61.8 Å². The summed E-state index contributed by atoms with van der Waals surface area (Å²) in [6, 6.07) is 7.12. The molecule has 2 saturated heterocycles. The van der Waals surface area contributed by atoms with Gasteiger partial charge in [-0.05, 0) is 30.7 Å². The van der Waals surface area contributed by atoms with Gasteiger partial charge in [-0.3, -0.25) is 4.79 Å². The number of benzene rings is 1. The van der Waals surface area contributed by atoms with E-state index in [-0.39, 0.29) is 18.1 Å². The summed E-state index contributed by atoms with van der Waals surface area (Å²) in [6.45, 7) is 1.91. The molecule has 0 aliphatic carbocycles. The van der Waals surface area contributed by atoms with Crippen molar-refractivity contribution in [1.82, 2.24) is 10.2 Å². The number of piperidine rings is 1. The smallest absolute Gasteiger partial charge is 0.239 e. The van der Waals surface area contributed by atoms with Gasteiger partial charge in [0.1, 0.15) is 11.9 Å². The molecule has 0 aromatic heterocycles. The molecule has 2 N–H and O–H groups in total. The molecule has 3 rings (SSSR count). The van der Waals surface area contributed by atoms with Gasteiger partial charge in [0, 0.05) is 37.5 Å². The van der Waals surface area contributed by atoms with Gasteiger partial charge in [0.25, 0.3) is 0 Å². The summed E-state index contributed by atoms with van der Waals surface area (Å²) in [5.74, 6) is 0.913. The number of rotatable bonds is 3. The van der Waals surface area contributed by atoms with Crippen molar-refractivity contribution in [3.63, 3.8) is 0 Å². The normalized spacial score (nSPS) is 26.2. The molecule has 2 atom stereocenters. The molecular weight excluding hydrogens is 304 g/mol. The van der Waals surface area contributed by atoms with Gasteiger partial charge in [0.05, 0.1) is 12.1 Å².